The number of rotatable bonds is 3. The molecule has 1 aromatic heterocycles. The molecule has 0 saturated carbocycles. The highest BCUT2D eigenvalue weighted by molar-refractivity contribution is 7.92. The van der Waals surface area contributed by atoms with Gasteiger partial charge in [0.15, 0.2) is 0 Å². The third kappa shape index (κ3) is 2.66. The first kappa shape index (κ1) is 13.1. The fourth-order valence-electron chi connectivity index (χ4n) is 2.19. The van der Waals surface area contributed by atoms with E-state index in [1.165, 1.54) is 9.71 Å². The van der Waals surface area contributed by atoms with Crippen LogP contribution in [0.4, 0.5) is 0 Å². The zero-order chi connectivity index (χ0) is 14.0. The zero-order valence-electron chi connectivity index (χ0n) is 10.9. The van der Waals surface area contributed by atoms with E-state index in [0.29, 0.717) is 19.6 Å². The number of hydrogen-bond donors (Lipinski definition) is 0. The molecule has 0 radical (unpaired) electrons. The third-order valence-corrected chi connectivity index (χ3v) is 4.81. The minimum atomic E-state index is -3.39. The molecule has 2 heterocycles. The molecule has 6 heteroatoms. The van der Waals surface area contributed by atoms with Crippen LogP contribution in [0.1, 0.15) is 11.3 Å². The van der Waals surface area contributed by atoms with Crippen LogP contribution in [0.3, 0.4) is 0 Å². The van der Waals surface area contributed by atoms with E-state index in [9.17, 15) is 8.42 Å². The molecular weight excluding hydrogens is 274 g/mol. The first-order valence-electron chi connectivity index (χ1n) is 6.39. The van der Waals surface area contributed by atoms with E-state index in [-0.39, 0.29) is 0 Å². The van der Waals surface area contributed by atoms with Gasteiger partial charge in [-0.2, -0.15) is 9.40 Å². The average molecular weight is 289 g/mol. The largest absolute Gasteiger partial charge is 0.267 e. The number of aromatic nitrogens is 2. The van der Waals surface area contributed by atoms with Crippen molar-refractivity contribution < 1.29 is 8.42 Å². The molecular formula is C14H15N3O2S. The van der Waals surface area contributed by atoms with E-state index in [1.54, 1.807) is 12.3 Å². The second-order valence-electron chi connectivity index (χ2n) is 4.64. The number of sulfonamides is 1. The van der Waals surface area contributed by atoms with Crippen molar-refractivity contribution in [2.24, 2.45) is 0 Å². The molecule has 1 aromatic carbocycles. The average Bonchev–Trinajstić information content (AvgIpc) is 2.94. The highest BCUT2D eigenvalue weighted by Gasteiger charge is 2.24. The van der Waals surface area contributed by atoms with Gasteiger partial charge >= 0.3 is 0 Å². The third-order valence-electron chi connectivity index (χ3n) is 3.30. The van der Waals surface area contributed by atoms with Gasteiger partial charge < -0.3 is 0 Å². The van der Waals surface area contributed by atoms with E-state index in [2.05, 4.69) is 5.10 Å². The van der Waals surface area contributed by atoms with E-state index >= 15 is 0 Å². The molecule has 0 aliphatic carbocycles. The van der Waals surface area contributed by atoms with Crippen LogP contribution in [-0.2, 0) is 23.1 Å². The topological polar surface area (TPSA) is 55.2 Å². The maximum Gasteiger partial charge on any atom is 0.236 e. The first-order chi connectivity index (χ1) is 9.65. The Morgan fingerprint density at radius 2 is 1.90 bits per heavy atom. The number of benzene rings is 1. The van der Waals surface area contributed by atoms with Crippen molar-refractivity contribution in [3.05, 3.63) is 59.3 Å². The number of nitrogens with zero attached hydrogens (tertiary/aromatic N) is 3. The Morgan fingerprint density at radius 1 is 1.10 bits per heavy atom. The standard InChI is InChI=1S/C14H15N3O2S/c18-20(19,11-7-13-4-2-1-3-5-13)16-9-10-17-14(12-16)6-8-15-17/h1-8,11H,9-10,12H2/b11-7+. The number of fused-ring (bicyclic) bond motifs is 1. The van der Waals surface area contributed by atoms with E-state index < -0.39 is 10.0 Å². The summed E-state index contributed by atoms with van der Waals surface area (Å²) in [6.07, 6.45) is 3.33. The van der Waals surface area contributed by atoms with Crippen molar-refractivity contribution >= 4 is 16.1 Å². The summed E-state index contributed by atoms with van der Waals surface area (Å²) in [4.78, 5) is 0. The lowest BCUT2D eigenvalue weighted by Crippen LogP contribution is -2.37. The van der Waals surface area contributed by atoms with E-state index in [1.807, 2.05) is 41.1 Å². The van der Waals surface area contributed by atoms with Gasteiger partial charge in [-0.25, -0.2) is 8.42 Å². The lowest BCUT2D eigenvalue weighted by Gasteiger charge is -2.25. The smallest absolute Gasteiger partial charge is 0.236 e. The predicted octanol–water partition coefficient (Wildman–Crippen LogP) is 1.70. The van der Waals surface area contributed by atoms with Gasteiger partial charge in [-0.1, -0.05) is 30.3 Å². The molecule has 0 unspecified atom stereocenters. The molecule has 104 valence electrons. The molecule has 5 nitrogen and oxygen atoms in total. The summed E-state index contributed by atoms with van der Waals surface area (Å²) in [6, 6.07) is 11.3. The Balaban J connectivity index is 1.78. The minimum absolute atomic E-state index is 0.376. The highest BCUT2D eigenvalue weighted by atomic mass is 32.2. The first-order valence-corrected chi connectivity index (χ1v) is 7.89. The van der Waals surface area contributed by atoms with Crippen molar-refractivity contribution in [2.45, 2.75) is 13.1 Å². The fraction of sp³-hybridized carbons (Fsp3) is 0.214. The highest BCUT2D eigenvalue weighted by Crippen LogP contribution is 2.16. The van der Waals surface area contributed by atoms with Gasteiger partial charge in [0, 0.05) is 18.1 Å². The van der Waals surface area contributed by atoms with Gasteiger partial charge in [-0.05, 0) is 17.7 Å². The van der Waals surface area contributed by atoms with Gasteiger partial charge in [0.2, 0.25) is 10.0 Å². The van der Waals surface area contributed by atoms with Gasteiger partial charge in [0.05, 0.1) is 18.8 Å². The number of hydrogen-bond acceptors (Lipinski definition) is 3. The van der Waals surface area contributed by atoms with Crippen LogP contribution in [-0.4, -0.2) is 29.0 Å². The maximum atomic E-state index is 12.3. The van der Waals surface area contributed by atoms with Crippen LogP contribution in [0.2, 0.25) is 0 Å². The van der Waals surface area contributed by atoms with Crippen LogP contribution >= 0.6 is 0 Å². The molecule has 3 rings (SSSR count). The van der Waals surface area contributed by atoms with Gasteiger partial charge in [0.25, 0.3) is 0 Å². The molecule has 0 saturated heterocycles. The SMILES string of the molecule is O=S(=O)(/C=C/c1ccccc1)N1CCn2nccc2C1. The second-order valence-corrected chi connectivity index (χ2v) is 6.46. The van der Waals surface area contributed by atoms with Crippen molar-refractivity contribution in [1.82, 2.24) is 14.1 Å². The van der Waals surface area contributed by atoms with Crippen molar-refractivity contribution in [3.8, 4) is 0 Å². The lowest BCUT2D eigenvalue weighted by molar-refractivity contribution is 0.330. The van der Waals surface area contributed by atoms with Crippen LogP contribution < -0.4 is 0 Å². The summed E-state index contributed by atoms with van der Waals surface area (Å²) < 4.78 is 27.9. The molecule has 0 N–H and O–H groups in total. The summed E-state index contributed by atoms with van der Waals surface area (Å²) in [5.41, 5.74) is 1.80. The van der Waals surface area contributed by atoms with Crippen LogP contribution in [0.5, 0.6) is 0 Å². The fourth-order valence-corrected chi connectivity index (χ4v) is 3.34. The van der Waals surface area contributed by atoms with Crippen LogP contribution in [0.15, 0.2) is 48.0 Å². The molecule has 20 heavy (non-hydrogen) atoms. The Morgan fingerprint density at radius 3 is 2.70 bits per heavy atom. The Bertz CT molecular complexity index is 720. The summed E-state index contributed by atoms with van der Waals surface area (Å²) in [6.45, 7) is 1.43. The Labute approximate surface area is 118 Å². The quantitative estimate of drug-likeness (QED) is 0.864. The minimum Gasteiger partial charge on any atom is -0.267 e. The van der Waals surface area contributed by atoms with Gasteiger partial charge in [-0.3, -0.25) is 4.68 Å². The molecule has 2 aromatic rings. The Hall–Kier alpha value is -1.92. The van der Waals surface area contributed by atoms with Crippen LogP contribution in [0.25, 0.3) is 6.08 Å². The maximum absolute atomic E-state index is 12.3. The van der Waals surface area contributed by atoms with E-state index in [4.69, 9.17) is 0 Å². The second kappa shape index (κ2) is 5.22. The summed E-state index contributed by atoms with van der Waals surface area (Å²) in [7, 11) is -3.39. The summed E-state index contributed by atoms with van der Waals surface area (Å²) in [5.74, 6) is 0. The van der Waals surface area contributed by atoms with Crippen LogP contribution in [0, 0.1) is 0 Å². The molecule has 0 atom stereocenters. The monoisotopic (exact) mass is 289 g/mol. The molecule has 0 fully saturated rings. The van der Waals surface area contributed by atoms with Crippen molar-refractivity contribution in [1.29, 1.82) is 0 Å². The predicted molar refractivity (Wildman–Crippen MR) is 77.0 cm³/mol. The van der Waals surface area contributed by atoms with E-state index in [0.717, 1.165) is 11.3 Å². The normalized spacial score (nSPS) is 16.4. The molecule has 1 aliphatic heterocycles. The van der Waals surface area contributed by atoms with Crippen molar-refractivity contribution in [2.75, 3.05) is 6.54 Å². The van der Waals surface area contributed by atoms with Gasteiger partial charge in [-0.15, -0.1) is 0 Å². The molecule has 0 spiro atoms. The Kier molecular flexibility index (Phi) is 3.42. The molecule has 0 amide bonds. The van der Waals surface area contributed by atoms with Crippen molar-refractivity contribution in [3.63, 3.8) is 0 Å². The molecule has 0 bridgehead atoms. The molecule has 1 aliphatic rings. The summed E-state index contributed by atoms with van der Waals surface area (Å²) in [5, 5.41) is 5.42. The summed E-state index contributed by atoms with van der Waals surface area (Å²) >= 11 is 0. The lowest BCUT2D eigenvalue weighted by atomic mass is 10.2. The zero-order valence-corrected chi connectivity index (χ0v) is 11.7. The van der Waals surface area contributed by atoms with Gasteiger partial charge in [0.1, 0.15) is 0 Å².